The molecule has 1 fully saturated rings. The van der Waals surface area contributed by atoms with Crippen LogP contribution in [0.2, 0.25) is 0 Å². The van der Waals surface area contributed by atoms with E-state index < -0.39 is 0 Å². The third-order valence-electron chi connectivity index (χ3n) is 5.52. The summed E-state index contributed by atoms with van der Waals surface area (Å²) in [6.45, 7) is 7.97. The number of benzene rings is 1. The van der Waals surface area contributed by atoms with Gasteiger partial charge in [-0.05, 0) is 69.3 Å². The number of nitrogens with zero attached hydrogens (tertiary/aromatic N) is 1. The first-order valence-electron chi connectivity index (χ1n) is 9.68. The molecule has 0 bridgehead atoms. The molecule has 0 saturated heterocycles. The fourth-order valence-corrected chi connectivity index (χ4v) is 3.76. The lowest BCUT2D eigenvalue weighted by molar-refractivity contribution is -0.00341. The molecule has 1 N–H and O–H groups in total. The summed E-state index contributed by atoms with van der Waals surface area (Å²) < 4.78 is 0. The van der Waals surface area contributed by atoms with Crippen LogP contribution in [-0.2, 0) is 12.8 Å². The Bertz CT molecular complexity index is 436. The summed E-state index contributed by atoms with van der Waals surface area (Å²) >= 11 is 0. The summed E-state index contributed by atoms with van der Waals surface area (Å²) in [6.07, 6.45) is 10.0. The molecule has 0 aromatic heterocycles. The Labute approximate surface area is 155 Å². The van der Waals surface area contributed by atoms with Crippen molar-refractivity contribution < 1.29 is 5.11 Å². The first-order valence-corrected chi connectivity index (χ1v) is 9.68. The number of halogens is 1. The summed E-state index contributed by atoms with van der Waals surface area (Å²) in [5, 5.41) is 10.6. The highest BCUT2D eigenvalue weighted by molar-refractivity contribution is 5.85. The average molecular weight is 354 g/mol. The van der Waals surface area contributed by atoms with E-state index in [1.54, 1.807) is 0 Å². The monoisotopic (exact) mass is 353 g/mol. The normalized spacial score (nSPS) is 16.8. The number of aliphatic hydroxyl groups is 1. The molecular formula is C21H36ClNO. The molecule has 0 heterocycles. The van der Waals surface area contributed by atoms with Gasteiger partial charge in [0, 0.05) is 0 Å². The van der Waals surface area contributed by atoms with Crippen molar-refractivity contribution in [3.05, 3.63) is 35.4 Å². The van der Waals surface area contributed by atoms with Gasteiger partial charge >= 0.3 is 0 Å². The van der Waals surface area contributed by atoms with Gasteiger partial charge in [-0.25, -0.2) is 0 Å². The first kappa shape index (κ1) is 21.5. The van der Waals surface area contributed by atoms with Crippen LogP contribution in [0.5, 0.6) is 0 Å². The predicted octanol–water partition coefficient (Wildman–Crippen LogP) is 5.01. The largest absolute Gasteiger partial charge is 0.390 e. The van der Waals surface area contributed by atoms with Crippen molar-refractivity contribution in [3.63, 3.8) is 0 Å². The van der Waals surface area contributed by atoms with Crippen molar-refractivity contribution in [1.29, 1.82) is 0 Å². The van der Waals surface area contributed by atoms with Gasteiger partial charge in [-0.2, -0.15) is 0 Å². The molecule has 24 heavy (non-hydrogen) atoms. The minimum atomic E-state index is -0.388. The summed E-state index contributed by atoms with van der Waals surface area (Å²) in [5.74, 6) is 0. The van der Waals surface area contributed by atoms with Gasteiger partial charge in [0.1, 0.15) is 0 Å². The highest BCUT2D eigenvalue weighted by atomic mass is 35.5. The Kier molecular flexibility index (Phi) is 9.95. The third-order valence-corrected chi connectivity index (χ3v) is 5.52. The fourth-order valence-electron chi connectivity index (χ4n) is 3.76. The zero-order chi connectivity index (χ0) is 16.5. The molecule has 1 saturated carbocycles. The molecule has 0 atom stereocenters. The highest BCUT2D eigenvalue weighted by Gasteiger charge is 2.28. The fraction of sp³-hybridized carbons (Fsp3) is 0.714. The van der Waals surface area contributed by atoms with Crippen molar-refractivity contribution in [3.8, 4) is 0 Å². The summed E-state index contributed by atoms with van der Waals surface area (Å²) in [6, 6.07) is 9.09. The van der Waals surface area contributed by atoms with Crippen LogP contribution in [0.25, 0.3) is 0 Å². The Morgan fingerprint density at radius 1 is 0.917 bits per heavy atom. The molecular weight excluding hydrogens is 318 g/mol. The molecule has 2 rings (SSSR count). The Balaban J connectivity index is 0.00000288. The van der Waals surface area contributed by atoms with Gasteiger partial charge < -0.3 is 10.0 Å². The van der Waals surface area contributed by atoms with Gasteiger partial charge in [-0.15, -0.1) is 12.4 Å². The van der Waals surface area contributed by atoms with Gasteiger partial charge in [-0.1, -0.05) is 57.4 Å². The van der Waals surface area contributed by atoms with Crippen LogP contribution in [0.3, 0.4) is 0 Å². The maximum atomic E-state index is 10.6. The number of hydrogen-bond donors (Lipinski definition) is 1. The van der Waals surface area contributed by atoms with Gasteiger partial charge in [0.25, 0.3) is 0 Å². The molecule has 1 aromatic carbocycles. The zero-order valence-electron chi connectivity index (χ0n) is 15.6. The van der Waals surface area contributed by atoms with Crippen LogP contribution in [0.15, 0.2) is 24.3 Å². The maximum absolute atomic E-state index is 10.6. The van der Waals surface area contributed by atoms with E-state index in [2.05, 4.69) is 43.0 Å². The average Bonchev–Trinajstić information content (AvgIpc) is 2.59. The lowest BCUT2D eigenvalue weighted by Crippen LogP contribution is -2.31. The van der Waals surface area contributed by atoms with Crippen molar-refractivity contribution in [2.75, 3.05) is 19.6 Å². The SMILES string of the molecule is CCN(CC)CCCc1ccc(CCC2(O)CCCCC2)cc1.Cl. The van der Waals surface area contributed by atoms with E-state index in [1.165, 1.54) is 49.8 Å². The molecule has 0 spiro atoms. The van der Waals surface area contributed by atoms with Gasteiger partial charge in [0.2, 0.25) is 0 Å². The maximum Gasteiger partial charge on any atom is 0.0651 e. The van der Waals surface area contributed by atoms with E-state index in [1.807, 2.05) is 0 Å². The van der Waals surface area contributed by atoms with Crippen molar-refractivity contribution in [2.45, 2.75) is 77.2 Å². The molecule has 0 amide bonds. The van der Waals surface area contributed by atoms with Gasteiger partial charge in [0.15, 0.2) is 0 Å². The summed E-state index contributed by atoms with van der Waals surface area (Å²) in [5.41, 5.74) is 2.43. The van der Waals surface area contributed by atoms with E-state index in [0.717, 1.165) is 38.8 Å². The van der Waals surface area contributed by atoms with Crippen LogP contribution in [-0.4, -0.2) is 35.2 Å². The van der Waals surface area contributed by atoms with Crippen LogP contribution in [0.4, 0.5) is 0 Å². The second-order valence-corrected chi connectivity index (χ2v) is 7.23. The molecule has 138 valence electrons. The standard InChI is InChI=1S/C21H35NO.ClH/c1-3-22(4-2)18-8-9-19-10-12-20(13-11-19)14-17-21(23)15-6-5-7-16-21;/h10-13,23H,3-9,14-18H2,1-2H3;1H. The minimum absolute atomic E-state index is 0. The highest BCUT2D eigenvalue weighted by Crippen LogP contribution is 2.31. The van der Waals surface area contributed by atoms with E-state index >= 15 is 0 Å². The molecule has 0 radical (unpaired) electrons. The number of aryl methyl sites for hydroxylation is 2. The topological polar surface area (TPSA) is 23.5 Å². The van der Waals surface area contributed by atoms with E-state index in [9.17, 15) is 5.11 Å². The molecule has 1 aromatic rings. The van der Waals surface area contributed by atoms with Crippen LogP contribution >= 0.6 is 12.4 Å². The smallest absolute Gasteiger partial charge is 0.0651 e. The van der Waals surface area contributed by atoms with E-state index in [0.29, 0.717) is 0 Å². The lowest BCUT2D eigenvalue weighted by atomic mass is 9.81. The molecule has 1 aliphatic carbocycles. The van der Waals surface area contributed by atoms with Gasteiger partial charge in [0.05, 0.1) is 5.60 Å². The Hall–Kier alpha value is -0.570. The van der Waals surface area contributed by atoms with Gasteiger partial charge in [-0.3, -0.25) is 0 Å². The van der Waals surface area contributed by atoms with Crippen molar-refractivity contribution in [1.82, 2.24) is 4.90 Å². The Morgan fingerprint density at radius 2 is 1.46 bits per heavy atom. The predicted molar refractivity (Wildman–Crippen MR) is 106 cm³/mol. The van der Waals surface area contributed by atoms with Crippen LogP contribution in [0, 0.1) is 0 Å². The van der Waals surface area contributed by atoms with Crippen LogP contribution < -0.4 is 0 Å². The summed E-state index contributed by atoms with van der Waals surface area (Å²) in [7, 11) is 0. The number of hydrogen-bond acceptors (Lipinski definition) is 2. The Morgan fingerprint density at radius 3 is 2.00 bits per heavy atom. The van der Waals surface area contributed by atoms with Crippen molar-refractivity contribution in [2.24, 2.45) is 0 Å². The quantitative estimate of drug-likeness (QED) is 0.674. The molecule has 0 aliphatic heterocycles. The third kappa shape index (κ3) is 7.13. The zero-order valence-corrected chi connectivity index (χ0v) is 16.4. The van der Waals surface area contributed by atoms with E-state index in [-0.39, 0.29) is 18.0 Å². The lowest BCUT2D eigenvalue weighted by Gasteiger charge is -2.32. The first-order chi connectivity index (χ1) is 11.1. The van der Waals surface area contributed by atoms with E-state index in [4.69, 9.17) is 0 Å². The molecule has 2 nitrogen and oxygen atoms in total. The molecule has 1 aliphatic rings. The number of rotatable bonds is 9. The molecule has 3 heteroatoms. The second-order valence-electron chi connectivity index (χ2n) is 7.23. The summed E-state index contributed by atoms with van der Waals surface area (Å²) in [4.78, 5) is 2.49. The minimum Gasteiger partial charge on any atom is -0.390 e. The van der Waals surface area contributed by atoms with Crippen LogP contribution in [0.1, 0.15) is 69.9 Å². The van der Waals surface area contributed by atoms with Crippen molar-refractivity contribution >= 4 is 12.4 Å². The molecule has 0 unspecified atom stereocenters. The second kappa shape index (κ2) is 11.1.